The van der Waals surface area contributed by atoms with E-state index in [4.69, 9.17) is 10.8 Å². The number of carboxylic acid groups (broad SMARTS) is 2. The summed E-state index contributed by atoms with van der Waals surface area (Å²) in [4.78, 5) is 22.2. The predicted molar refractivity (Wildman–Crippen MR) is 78.4 cm³/mol. The summed E-state index contributed by atoms with van der Waals surface area (Å²) in [5.74, 6) is -2.27. The second-order valence-electron chi connectivity index (χ2n) is 7.66. The van der Waals surface area contributed by atoms with E-state index in [1.165, 1.54) is 0 Å². The highest BCUT2D eigenvalue weighted by atomic mass is 16.4. The van der Waals surface area contributed by atoms with Crippen molar-refractivity contribution in [3.05, 3.63) is 0 Å². The molecule has 0 spiro atoms. The molecular weight excluding hydrogens is 258 g/mol. The Hall–Kier alpha value is -1.10. The van der Waals surface area contributed by atoms with Gasteiger partial charge in [-0.15, -0.1) is 0 Å². The molecule has 5 heteroatoms. The molecule has 5 nitrogen and oxygen atoms in total. The lowest BCUT2D eigenvalue weighted by atomic mass is 9.60. The molecule has 0 heterocycles. The first-order chi connectivity index (χ1) is 8.78. The minimum atomic E-state index is -1.03. The molecule has 3 atom stereocenters. The van der Waals surface area contributed by atoms with Crippen LogP contribution < -0.4 is 5.73 Å². The summed E-state index contributed by atoms with van der Waals surface area (Å²) in [6.07, 6.45) is 0.461. The van der Waals surface area contributed by atoms with Crippen LogP contribution in [0.25, 0.3) is 0 Å². The Kier molecular flexibility index (Phi) is 6.21. The molecule has 118 valence electrons. The van der Waals surface area contributed by atoms with Gasteiger partial charge in [-0.1, -0.05) is 41.5 Å². The van der Waals surface area contributed by atoms with Gasteiger partial charge in [-0.3, -0.25) is 9.59 Å². The molecule has 0 aromatic heterocycles. The van der Waals surface area contributed by atoms with E-state index < -0.39 is 18.0 Å². The Morgan fingerprint density at radius 1 is 1.00 bits per heavy atom. The first kappa shape index (κ1) is 18.9. The van der Waals surface area contributed by atoms with Crippen LogP contribution in [0.2, 0.25) is 0 Å². The Morgan fingerprint density at radius 3 is 1.70 bits per heavy atom. The maximum atomic E-state index is 11.3. The summed E-state index contributed by atoms with van der Waals surface area (Å²) in [6, 6.07) is -0.993. The van der Waals surface area contributed by atoms with Crippen molar-refractivity contribution in [3.8, 4) is 0 Å². The zero-order valence-corrected chi connectivity index (χ0v) is 13.4. The fourth-order valence-electron chi connectivity index (χ4n) is 2.98. The van der Waals surface area contributed by atoms with Crippen LogP contribution in [0.5, 0.6) is 0 Å². The Labute approximate surface area is 121 Å². The number of carbonyl (C=O) groups is 2. The van der Waals surface area contributed by atoms with E-state index in [2.05, 4.69) is 0 Å². The molecule has 0 aromatic rings. The number of hydrogen-bond donors (Lipinski definition) is 3. The topological polar surface area (TPSA) is 101 Å². The third-order valence-electron chi connectivity index (χ3n) is 3.89. The number of nitrogens with two attached hydrogens (primary N) is 1. The first-order valence-corrected chi connectivity index (χ1v) is 6.98. The summed E-state index contributed by atoms with van der Waals surface area (Å²) >= 11 is 0. The van der Waals surface area contributed by atoms with Crippen LogP contribution >= 0.6 is 0 Å². The van der Waals surface area contributed by atoms with Crippen molar-refractivity contribution in [2.45, 2.75) is 60.4 Å². The van der Waals surface area contributed by atoms with Crippen molar-refractivity contribution >= 4 is 11.9 Å². The Bertz CT molecular complexity index is 352. The largest absolute Gasteiger partial charge is 0.481 e. The van der Waals surface area contributed by atoms with Gasteiger partial charge in [0.1, 0.15) is 6.04 Å². The number of rotatable bonds is 6. The van der Waals surface area contributed by atoms with Crippen LogP contribution in [-0.4, -0.2) is 28.2 Å². The lowest BCUT2D eigenvalue weighted by Gasteiger charge is -2.45. The fraction of sp³-hybridized carbons (Fsp3) is 0.867. The van der Waals surface area contributed by atoms with Gasteiger partial charge in [-0.25, -0.2) is 0 Å². The molecule has 0 bridgehead atoms. The van der Waals surface area contributed by atoms with Crippen LogP contribution in [0.3, 0.4) is 0 Å². The number of aliphatic carboxylic acids is 2. The molecule has 0 rings (SSSR count). The third-order valence-corrected chi connectivity index (χ3v) is 3.89. The van der Waals surface area contributed by atoms with Crippen molar-refractivity contribution in [2.24, 2.45) is 28.4 Å². The maximum absolute atomic E-state index is 11.3. The molecule has 0 saturated heterocycles. The van der Waals surface area contributed by atoms with E-state index >= 15 is 0 Å². The molecule has 0 aliphatic carbocycles. The van der Waals surface area contributed by atoms with Gasteiger partial charge in [0.2, 0.25) is 0 Å². The van der Waals surface area contributed by atoms with E-state index in [0.717, 1.165) is 0 Å². The number of carboxylic acids is 2. The van der Waals surface area contributed by atoms with Gasteiger partial charge in [-0.2, -0.15) is 0 Å². The van der Waals surface area contributed by atoms with Crippen molar-refractivity contribution < 1.29 is 19.8 Å². The van der Waals surface area contributed by atoms with Gasteiger partial charge in [0.15, 0.2) is 0 Å². The summed E-state index contributed by atoms with van der Waals surface area (Å²) < 4.78 is 0. The molecule has 0 aliphatic heterocycles. The van der Waals surface area contributed by atoms with E-state index in [1.54, 1.807) is 0 Å². The summed E-state index contributed by atoms with van der Waals surface area (Å²) in [6.45, 7) is 11.9. The summed E-state index contributed by atoms with van der Waals surface area (Å²) in [7, 11) is 0. The van der Waals surface area contributed by atoms with Crippen molar-refractivity contribution in [1.82, 2.24) is 0 Å². The number of hydrogen-bond acceptors (Lipinski definition) is 3. The molecule has 3 unspecified atom stereocenters. The van der Waals surface area contributed by atoms with Crippen molar-refractivity contribution in [3.63, 3.8) is 0 Å². The monoisotopic (exact) mass is 287 g/mol. The normalized spacial score (nSPS) is 17.4. The highest BCUT2D eigenvalue weighted by molar-refractivity contribution is 5.73. The average Bonchev–Trinajstić information content (AvgIpc) is 2.18. The zero-order valence-electron chi connectivity index (χ0n) is 13.4. The van der Waals surface area contributed by atoms with E-state index in [0.29, 0.717) is 6.42 Å². The van der Waals surface area contributed by atoms with Crippen LogP contribution in [-0.2, 0) is 9.59 Å². The van der Waals surface area contributed by atoms with Crippen molar-refractivity contribution in [2.75, 3.05) is 0 Å². The molecule has 0 radical (unpaired) electrons. The quantitative estimate of drug-likeness (QED) is 0.697. The van der Waals surface area contributed by atoms with Crippen LogP contribution in [0.4, 0.5) is 0 Å². The SMILES string of the molecule is CC(C)(C)C(CCC(=O)O)C(C(N)C(=O)O)C(C)(C)C. The molecule has 0 aromatic carbocycles. The molecule has 4 N–H and O–H groups in total. The van der Waals surface area contributed by atoms with E-state index in [9.17, 15) is 14.7 Å². The minimum Gasteiger partial charge on any atom is -0.481 e. The standard InChI is InChI=1S/C15H29NO4/c1-14(2,3)9(7-8-10(17)18)11(15(4,5)6)12(16)13(19)20/h9,11-12H,7-8,16H2,1-6H3,(H,17,18)(H,19,20). The van der Waals surface area contributed by atoms with Gasteiger partial charge in [0.25, 0.3) is 0 Å². The van der Waals surface area contributed by atoms with Gasteiger partial charge < -0.3 is 15.9 Å². The minimum absolute atomic E-state index is 0.0286. The van der Waals surface area contributed by atoms with E-state index in [-0.39, 0.29) is 29.1 Å². The Balaban J connectivity index is 5.52. The zero-order chi connectivity index (χ0) is 16.3. The predicted octanol–water partition coefficient (Wildman–Crippen LogP) is 2.59. The van der Waals surface area contributed by atoms with Gasteiger partial charge >= 0.3 is 11.9 Å². The first-order valence-electron chi connectivity index (χ1n) is 6.98. The van der Waals surface area contributed by atoms with Gasteiger partial charge in [-0.05, 0) is 29.1 Å². The highest BCUT2D eigenvalue weighted by Gasteiger charge is 2.44. The summed E-state index contributed by atoms with van der Waals surface area (Å²) in [5, 5.41) is 18.2. The second-order valence-corrected chi connectivity index (χ2v) is 7.66. The summed E-state index contributed by atoms with van der Waals surface area (Å²) in [5.41, 5.74) is 5.38. The van der Waals surface area contributed by atoms with Crippen LogP contribution in [0.15, 0.2) is 0 Å². The van der Waals surface area contributed by atoms with Gasteiger partial charge in [0.05, 0.1) is 0 Å². The molecule has 20 heavy (non-hydrogen) atoms. The fourth-order valence-corrected chi connectivity index (χ4v) is 2.98. The van der Waals surface area contributed by atoms with Crippen LogP contribution in [0.1, 0.15) is 54.4 Å². The van der Waals surface area contributed by atoms with Crippen molar-refractivity contribution in [1.29, 1.82) is 0 Å². The molecular formula is C15H29NO4. The molecule has 0 fully saturated rings. The van der Waals surface area contributed by atoms with Crippen LogP contribution in [0, 0.1) is 22.7 Å². The van der Waals surface area contributed by atoms with Gasteiger partial charge in [0, 0.05) is 6.42 Å². The maximum Gasteiger partial charge on any atom is 0.320 e. The Morgan fingerprint density at radius 2 is 1.45 bits per heavy atom. The molecule has 0 amide bonds. The third kappa shape index (κ3) is 5.49. The lowest BCUT2D eigenvalue weighted by molar-refractivity contribution is -0.143. The second kappa shape index (κ2) is 6.57. The lowest BCUT2D eigenvalue weighted by Crippen LogP contribution is -2.50. The smallest absolute Gasteiger partial charge is 0.320 e. The molecule has 0 saturated carbocycles. The highest BCUT2D eigenvalue weighted by Crippen LogP contribution is 2.45. The molecule has 0 aliphatic rings. The van der Waals surface area contributed by atoms with E-state index in [1.807, 2.05) is 41.5 Å². The average molecular weight is 287 g/mol.